The summed E-state index contributed by atoms with van der Waals surface area (Å²) in [6, 6.07) is 16.5. The molecular weight excluding hydrogens is 300 g/mol. The molecule has 0 spiro atoms. The molecule has 0 saturated heterocycles. The highest BCUT2D eigenvalue weighted by molar-refractivity contribution is 7.80. The molecule has 21 heavy (non-hydrogen) atoms. The van der Waals surface area contributed by atoms with E-state index >= 15 is 0 Å². The second-order valence-corrected chi connectivity index (χ2v) is 6.04. The fraction of sp³-hybridized carbons (Fsp3) is 0.235. The lowest BCUT2D eigenvalue weighted by Gasteiger charge is -2.27. The van der Waals surface area contributed by atoms with Crippen LogP contribution in [0, 0.1) is 0 Å². The van der Waals surface area contributed by atoms with Crippen LogP contribution in [-0.2, 0) is 6.42 Å². The van der Waals surface area contributed by atoms with Crippen LogP contribution in [0.2, 0.25) is 5.02 Å². The van der Waals surface area contributed by atoms with Gasteiger partial charge in [-0.25, -0.2) is 0 Å². The quantitative estimate of drug-likeness (QED) is 0.785. The maximum Gasteiger partial charge on any atom is 0.171 e. The van der Waals surface area contributed by atoms with Crippen LogP contribution in [0.25, 0.3) is 0 Å². The lowest BCUT2D eigenvalue weighted by molar-refractivity contribution is 0.529. The Hall–Kier alpha value is -1.58. The number of fused-ring (bicyclic) bond motifs is 1. The fourth-order valence-corrected chi connectivity index (χ4v) is 3.22. The van der Waals surface area contributed by atoms with E-state index in [0.717, 1.165) is 18.5 Å². The topological polar surface area (TPSA) is 24.1 Å². The van der Waals surface area contributed by atoms with Crippen molar-refractivity contribution < 1.29 is 0 Å². The summed E-state index contributed by atoms with van der Waals surface area (Å²) in [4.78, 5) is 0. The molecule has 2 nitrogen and oxygen atoms in total. The normalized spacial score (nSPS) is 16.9. The molecule has 1 aliphatic carbocycles. The minimum Gasteiger partial charge on any atom is -0.356 e. The smallest absolute Gasteiger partial charge is 0.171 e. The van der Waals surface area contributed by atoms with E-state index in [2.05, 4.69) is 34.9 Å². The molecule has 108 valence electrons. The van der Waals surface area contributed by atoms with E-state index in [9.17, 15) is 0 Å². The highest BCUT2D eigenvalue weighted by Crippen LogP contribution is 2.29. The lowest BCUT2D eigenvalue weighted by Crippen LogP contribution is -2.34. The third kappa shape index (κ3) is 3.36. The Morgan fingerprint density at radius 3 is 2.71 bits per heavy atom. The molecule has 0 radical (unpaired) electrons. The predicted octanol–water partition coefficient (Wildman–Crippen LogP) is 4.70. The summed E-state index contributed by atoms with van der Waals surface area (Å²) in [5, 5.41) is 7.88. The summed E-state index contributed by atoms with van der Waals surface area (Å²) in [6.45, 7) is 0. The molecule has 3 rings (SSSR count). The molecule has 0 fully saturated rings. The Balaban J connectivity index is 1.70. The summed E-state index contributed by atoms with van der Waals surface area (Å²) >= 11 is 11.6. The van der Waals surface area contributed by atoms with Gasteiger partial charge in [0, 0.05) is 0 Å². The van der Waals surface area contributed by atoms with Crippen LogP contribution in [0.15, 0.2) is 48.5 Å². The van der Waals surface area contributed by atoms with Gasteiger partial charge in [0.05, 0.1) is 16.8 Å². The van der Waals surface area contributed by atoms with E-state index in [0.29, 0.717) is 10.1 Å². The summed E-state index contributed by atoms with van der Waals surface area (Å²) in [5.41, 5.74) is 3.61. The number of hydrogen-bond acceptors (Lipinski definition) is 1. The van der Waals surface area contributed by atoms with Crippen molar-refractivity contribution in [3.63, 3.8) is 0 Å². The van der Waals surface area contributed by atoms with Crippen LogP contribution >= 0.6 is 23.8 Å². The van der Waals surface area contributed by atoms with E-state index in [1.54, 1.807) is 0 Å². The largest absolute Gasteiger partial charge is 0.356 e. The third-order valence-electron chi connectivity index (χ3n) is 3.80. The first-order valence-corrected chi connectivity index (χ1v) is 7.92. The molecule has 4 heteroatoms. The van der Waals surface area contributed by atoms with Gasteiger partial charge in [-0.15, -0.1) is 0 Å². The Labute approximate surface area is 135 Å². The van der Waals surface area contributed by atoms with Crippen LogP contribution in [0.5, 0.6) is 0 Å². The van der Waals surface area contributed by atoms with Crippen molar-refractivity contribution in [1.29, 1.82) is 0 Å². The number of halogens is 1. The number of rotatable bonds is 2. The van der Waals surface area contributed by atoms with Gasteiger partial charge in [-0.05, 0) is 54.7 Å². The molecule has 0 bridgehead atoms. The third-order valence-corrected chi connectivity index (χ3v) is 4.35. The zero-order valence-electron chi connectivity index (χ0n) is 11.6. The van der Waals surface area contributed by atoms with Crippen molar-refractivity contribution in [2.75, 3.05) is 5.32 Å². The number of nitrogens with one attached hydrogen (secondary N) is 2. The molecule has 2 aromatic rings. The maximum atomic E-state index is 6.14. The monoisotopic (exact) mass is 316 g/mol. The number of anilines is 1. The summed E-state index contributed by atoms with van der Waals surface area (Å²) in [6.07, 6.45) is 3.43. The molecule has 0 aliphatic heterocycles. The Morgan fingerprint density at radius 1 is 1.10 bits per heavy atom. The molecule has 0 saturated carbocycles. The molecule has 0 amide bonds. The molecule has 2 aromatic carbocycles. The van der Waals surface area contributed by atoms with Gasteiger partial charge >= 0.3 is 0 Å². The number of hydrogen-bond donors (Lipinski definition) is 2. The maximum absolute atomic E-state index is 6.14. The number of aryl methyl sites for hydroxylation is 1. The number of benzene rings is 2. The lowest BCUT2D eigenvalue weighted by atomic mass is 9.88. The van der Waals surface area contributed by atoms with Crippen molar-refractivity contribution in [3.05, 3.63) is 64.7 Å². The SMILES string of the molecule is S=C(Nc1ccccc1Cl)N[C@@H]1CCCc2ccccc21. The average molecular weight is 317 g/mol. The summed E-state index contributed by atoms with van der Waals surface area (Å²) < 4.78 is 0. The van der Waals surface area contributed by atoms with Crippen molar-refractivity contribution in [3.8, 4) is 0 Å². The molecule has 2 N–H and O–H groups in total. The van der Waals surface area contributed by atoms with Crippen molar-refractivity contribution in [1.82, 2.24) is 5.32 Å². The van der Waals surface area contributed by atoms with Crippen molar-refractivity contribution in [2.45, 2.75) is 25.3 Å². The first kappa shape index (κ1) is 14.4. The van der Waals surface area contributed by atoms with E-state index < -0.39 is 0 Å². The second-order valence-electron chi connectivity index (χ2n) is 5.22. The summed E-state index contributed by atoms with van der Waals surface area (Å²) in [5.74, 6) is 0. The zero-order valence-corrected chi connectivity index (χ0v) is 13.2. The predicted molar refractivity (Wildman–Crippen MR) is 92.9 cm³/mol. The van der Waals surface area contributed by atoms with Crippen molar-refractivity contribution >= 4 is 34.6 Å². The Morgan fingerprint density at radius 2 is 1.86 bits per heavy atom. The molecular formula is C17H17ClN2S. The van der Waals surface area contributed by atoms with Gasteiger partial charge < -0.3 is 10.6 Å². The molecule has 0 heterocycles. The van der Waals surface area contributed by atoms with E-state index in [-0.39, 0.29) is 6.04 Å². The minimum atomic E-state index is 0.275. The average Bonchev–Trinajstić information content (AvgIpc) is 2.50. The van der Waals surface area contributed by atoms with E-state index in [4.69, 9.17) is 23.8 Å². The molecule has 1 atom stereocenters. The van der Waals surface area contributed by atoms with Gasteiger partial charge in [0.25, 0.3) is 0 Å². The molecule has 1 aliphatic rings. The highest BCUT2D eigenvalue weighted by atomic mass is 35.5. The Bertz CT molecular complexity index is 657. The van der Waals surface area contributed by atoms with Gasteiger partial charge in [-0.1, -0.05) is 48.0 Å². The van der Waals surface area contributed by atoms with Gasteiger partial charge in [-0.3, -0.25) is 0 Å². The second kappa shape index (κ2) is 6.46. The van der Waals surface area contributed by atoms with Gasteiger partial charge in [0.15, 0.2) is 5.11 Å². The minimum absolute atomic E-state index is 0.275. The standard InChI is InChI=1S/C17H17ClN2S/c18-14-9-3-4-10-16(14)20-17(21)19-15-11-5-7-12-6-1-2-8-13(12)15/h1-4,6,8-10,15H,5,7,11H2,(H2,19,20,21)/t15-/m1/s1. The number of thiocarbonyl (C=S) groups is 1. The first-order valence-electron chi connectivity index (χ1n) is 7.14. The van der Waals surface area contributed by atoms with Crippen LogP contribution in [0.4, 0.5) is 5.69 Å². The van der Waals surface area contributed by atoms with Crippen LogP contribution in [-0.4, -0.2) is 5.11 Å². The van der Waals surface area contributed by atoms with Gasteiger partial charge in [-0.2, -0.15) is 0 Å². The van der Waals surface area contributed by atoms with Gasteiger partial charge in [0.1, 0.15) is 0 Å². The zero-order chi connectivity index (χ0) is 14.7. The summed E-state index contributed by atoms with van der Waals surface area (Å²) in [7, 11) is 0. The highest BCUT2D eigenvalue weighted by Gasteiger charge is 2.20. The fourth-order valence-electron chi connectivity index (χ4n) is 2.78. The van der Waals surface area contributed by atoms with E-state index in [1.165, 1.54) is 17.5 Å². The first-order chi connectivity index (χ1) is 10.2. The van der Waals surface area contributed by atoms with Crippen LogP contribution in [0.1, 0.15) is 30.0 Å². The van der Waals surface area contributed by atoms with Crippen molar-refractivity contribution in [2.24, 2.45) is 0 Å². The number of para-hydroxylation sites is 1. The van der Waals surface area contributed by atoms with E-state index in [1.807, 2.05) is 24.3 Å². The van der Waals surface area contributed by atoms with Crippen LogP contribution in [0.3, 0.4) is 0 Å². The Kier molecular flexibility index (Phi) is 4.42. The molecule has 0 unspecified atom stereocenters. The van der Waals surface area contributed by atoms with Gasteiger partial charge in [0.2, 0.25) is 0 Å². The van der Waals surface area contributed by atoms with Crippen LogP contribution < -0.4 is 10.6 Å². The molecule has 0 aromatic heterocycles.